The van der Waals surface area contributed by atoms with Crippen molar-refractivity contribution >= 4 is 42.8 Å². The highest BCUT2D eigenvalue weighted by Gasteiger charge is 1.98. The number of benzene rings is 2. The summed E-state index contributed by atoms with van der Waals surface area (Å²) in [5.74, 6) is 0. The van der Waals surface area contributed by atoms with Crippen molar-refractivity contribution in [2.45, 2.75) is 27.7 Å². The van der Waals surface area contributed by atoms with Crippen molar-refractivity contribution in [2.24, 2.45) is 0 Å². The Bertz CT molecular complexity index is 916. The molecule has 0 aliphatic carbocycles. The lowest BCUT2D eigenvalue weighted by Gasteiger charge is -1.92. The first-order valence-corrected chi connectivity index (χ1v) is 9.14. The first kappa shape index (κ1) is 15.3. The third-order valence-corrected chi connectivity index (χ3v) is 5.80. The lowest BCUT2D eigenvalue weighted by Crippen LogP contribution is -1.70. The largest absolute Gasteiger partial charge is 0.144 e. The third-order valence-electron chi connectivity index (χ3n) is 3.72. The molecule has 0 N–H and O–H groups in total. The number of thiophene rings is 2. The molecular weight excluding hydrogens is 304 g/mol. The second-order valence-electron chi connectivity index (χ2n) is 5.82. The molecule has 0 atom stereocenters. The van der Waals surface area contributed by atoms with Gasteiger partial charge in [-0.1, -0.05) is 24.3 Å². The lowest BCUT2D eigenvalue weighted by atomic mass is 10.1. The number of fused-ring (bicyclic) bond motifs is 2. The average Bonchev–Trinajstić information content (AvgIpc) is 3.01. The van der Waals surface area contributed by atoms with Crippen LogP contribution in [0.25, 0.3) is 20.2 Å². The maximum Gasteiger partial charge on any atom is 0.0348 e. The van der Waals surface area contributed by atoms with Gasteiger partial charge in [0, 0.05) is 14.3 Å². The minimum absolute atomic E-state index is 1.35. The first-order valence-electron chi connectivity index (χ1n) is 7.44. The highest BCUT2D eigenvalue weighted by atomic mass is 32.1. The Balaban J connectivity index is 0.000000131. The smallest absolute Gasteiger partial charge is 0.0348 e. The van der Waals surface area contributed by atoms with E-state index < -0.39 is 0 Å². The van der Waals surface area contributed by atoms with Gasteiger partial charge in [0.15, 0.2) is 0 Å². The summed E-state index contributed by atoms with van der Waals surface area (Å²) in [4.78, 5) is 1.39. The van der Waals surface area contributed by atoms with Crippen LogP contribution < -0.4 is 0 Å². The maximum absolute atomic E-state index is 2.24. The average molecular weight is 325 g/mol. The SMILES string of the molecule is Cc1ccc2c(C)csc2c1.Cc1ccc2cc(C)sc2c1. The van der Waals surface area contributed by atoms with Crippen molar-refractivity contribution in [1.29, 1.82) is 0 Å². The Morgan fingerprint density at radius 1 is 0.727 bits per heavy atom. The maximum atomic E-state index is 2.24. The molecule has 0 bridgehead atoms. The molecular formula is C20H20S2. The monoisotopic (exact) mass is 324 g/mol. The molecule has 0 amide bonds. The molecule has 0 aliphatic rings. The van der Waals surface area contributed by atoms with Gasteiger partial charge in [-0.05, 0) is 78.7 Å². The Hall–Kier alpha value is -1.64. The molecule has 2 heterocycles. The van der Waals surface area contributed by atoms with E-state index in [1.165, 1.54) is 41.7 Å². The van der Waals surface area contributed by atoms with Crippen molar-refractivity contribution in [3.63, 3.8) is 0 Å². The van der Waals surface area contributed by atoms with Gasteiger partial charge < -0.3 is 0 Å². The molecule has 4 rings (SSSR count). The zero-order valence-corrected chi connectivity index (χ0v) is 15.1. The lowest BCUT2D eigenvalue weighted by molar-refractivity contribution is 1.51. The van der Waals surface area contributed by atoms with Crippen LogP contribution in [0.15, 0.2) is 47.8 Å². The molecule has 2 heteroatoms. The van der Waals surface area contributed by atoms with Gasteiger partial charge in [-0.3, -0.25) is 0 Å². The van der Waals surface area contributed by atoms with Gasteiger partial charge in [-0.15, -0.1) is 22.7 Å². The van der Waals surface area contributed by atoms with E-state index in [1.54, 1.807) is 0 Å². The van der Waals surface area contributed by atoms with Crippen LogP contribution in [0.5, 0.6) is 0 Å². The molecule has 0 nitrogen and oxygen atoms in total. The molecule has 0 saturated heterocycles. The fourth-order valence-corrected chi connectivity index (χ4v) is 4.60. The van der Waals surface area contributed by atoms with Crippen molar-refractivity contribution in [1.82, 2.24) is 0 Å². The molecule has 0 aliphatic heterocycles. The molecule has 0 saturated carbocycles. The van der Waals surface area contributed by atoms with Gasteiger partial charge in [0.2, 0.25) is 0 Å². The molecule has 0 spiro atoms. The van der Waals surface area contributed by atoms with Crippen molar-refractivity contribution in [3.8, 4) is 0 Å². The molecule has 0 fully saturated rings. The van der Waals surface area contributed by atoms with Crippen molar-refractivity contribution < 1.29 is 0 Å². The van der Waals surface area contributed by atoms with Crippen LogP contribution in [0, 0.1) is 27.7 Å². The second kappa shape index (κ2) is 6.23. The molecule has 2 aromatic carbocycles. The Labute approximate surface area is 140 Å². The summed E-state index contributed by atoms with van der Waals surface area (Å²) in [5, 5.41) is 4.99. The summed E-state index contributed by atoms with van der Waals surface area (Å²) >= 11 is 3.69. The van der Waals surface area contributed by atoms with Gasteiger partial charge in [0.25, 0.3) is 0 Å². The number of rotatable bonds is 0. The van der Waals surface area contributed by atoms with Crippen LogP contribution in [-0.4, -0.2) is 0 Å². The highest BCUT2D eigenvalue weighted by Crippen LogP contribution is 2.26. The van der Waals surface area contributed by atoms with E-state index in [0.29, 0.717) is 0 Å². The molecule has 0 radical (unpaired) electrons. The number of hydrogen-bond acceptors (Lipinski definition) is 2. The van der Waals surface area contributed by atoms with Gasteiger partial charge >= 0.3 is 0 Å². The van der Waals surface area contributed by atoms with E-state index >= 15 is 0 Å². The van der Waals surface area contributed by atoms with Gasteiger partial charge in [0.1, 0.15) is 0 Å². The molecule has 0 unspecified atom stereocenters. The summed E-state index contributed by atoms with van der Waals surface area (Å²) in [6, 6.07) is 15.4. The van der Waals surface area contributed by atoms with E-state index in [1.807, 2.05) is 22.7 Å². The molecule has 112 valence electrons. The summed E-state index contributed by atoms with van der Waals surface area (Å²) in [6.45, 7) is 8.58. The topological polar surface area (TPSA) is 0 Å². The van der Waals surface area contributed by atoms with Crippen LogP contribution in [0.3, 0.4) is 0 Å². The Kier molecular flexibility index (Phi) is 4.32. The van der Waals surface area contributed by atoms with E-state index in [9.17, 15) is 0 Å². The van der Waals surface area contributed by atoms with Crippen molar-refractivity contribution in [3.05, 3.63) is 69.4 Å². The van der Waals surface area contributed by atoms with Gasteiger partial charge in [0.05, 0.1) is 0 Å². The fourth-order valence-electron chi connectivity index (χ4n) is 2.54. The normalized spacial score (nSPS) is 10.7. The minimum Gasteiger partial charge on any atom is -0.144 e. The number of hydrogen-bond donors (Lipinski definition) is 0. The fraction of sp³-hybridized carbons (Fsp3) is 0.200. The predicted molar refractivity (Wildman–Crippen MR) is 103 cm³/mol. The summed E-state index contributed by atoms with van der Waals surface area (Å²) < 4.78 is 2.81. The van der Waals surface area contributed by atoms with Crippen LogP contribution in [0.1, 0.15) is 21.6 Å². The third kappa shape index (κ3) is 3.23. The van der Waals surface area contributed by atoms with Crippen molar-refractivity contribution in [2.75, 3.05) is 0 Å². The number of aryl methyl sites for hydroxylation is 4. The summed E-state index contributed by atoms with van der Waals surface area (Å²) in [7, 11) is 0. The van der Waals surface area contributed by atoms with E-state index in [4.69, 9.17) is 0 Å². The Morgan fingerprint density at radius 2 is 1.41 bits per heavy atom. The van der Waals surface area contributed by atoms with Crippen LogP contribution >= 0.6 is 22.7 Å². The quantitative estimate of drug-likeness (QED) is 0.325. The second-order valence-corrected chi connectivity index (χ2v) is 8.02. The van der Waals surface area contributed by atoms with Crippen LogP contribution in [0.4, 0.5) is 0 Å². The van der Waals surface area contributed by atoms with Gasteiger partial charge in [-0.2, -0.15) is 0 Å². The molecule has 2 aromatic heterocycles. The Morgan fingerprint density at radius 3 is 2.18 bits per heavy atom. The van der Waals surface area contributed by atoms with E-state index in [2.05, 4.69) is 75.5 Å². The van der Waals surface area contributed by atoms with E-state index in [-0.39, 0.29) is 0 Å². The summed E-state index contributed by atoms with van der Waals surface area (Å²) in [5.41, 5.74) is 4.09. The first-order chi connectivity index (χ1) is 10.5. The van der Waals surface area contributed by atoms with Gasteiger partial charge in [-0.25, -0.2) is 0 Å². The summed E-state index contributed by atoms with van der Waals surface area (Å²) in [6.07, 6.45) is 0. The highest BCUT2D eigenvalue weighted by molar-refractivity contribution is 7.19. The zero-order chi connectivity index (χ0) is 15.7. The predicted octanol–water partition coefficient (Wildman–Crippen LogP) is 7.04. The van der Waals surface area contributed by atoms with Crippen LogP contribution in [-0.2, 0) is 0 Å². The van der Waals surface area contributed by atoms with Crippen LogP contribution in [0.2, 0.25) is 0 Å². The standard InChI is InChI=1S/2C10H10S/c1-7-3-4-9-8(2)6-11-10(9)5-7;1-7-3-4-9-6-8(2)11-10(9)5-7/h2*3-6H,1-2H3. The zero-order valence-electron chi connectivity index (χ0n) is 13.4. The van der Waals surface area contributed by atoms with E-state index in [0.717, 1.165) is 0 Å². The molecule has 22 heavy (non-hydrogen) atoms. The molecule has 4 aromatic rings. The minimum atomic E-state index is 1.35.